The van der Waals surface area contributed by atoms with Crippen LogP contribution in [0.15, 0.2) is 58.3 Å². The van der Waals surface area contributed by atoms with Crippen LogP contribution in [0, 0.1) is 0 Å². The first-order valence-corrected chi connectivity index (χ1v) is 11.7. The molecule has 2 rings (SSSR count). The van der Waals surface area contributed by atoms with Crippen LogP contribution in [0.2, 0.25) is 0 Å². The molecule has 5 nitrogen and oxygen atoms in total. The molecular weight excluding hydrogens is 388 g/mol. The highest BCUT2D eigenvalue weighted by Gasteiger charge is 2.17. The van der Waals surface area contributed by atoms with E-state index >= 15 is 0 Å². The third kappa shape index (κ3) is 5.77. The maximum absolute atomic E-state index is 12.2. The van der Waals surface area contributed by atoms with Crippen LogP contribution >= 0.6 is 23.5 Å². The minimum Gasteiger partial charge on any atom is -0.325 e. The number of nitrogens with zero attached hydrogens (tertiary/aromatic N) is 1. The lowest BCUT2D eigenvalue weighted by molar-refractivity contribution is -0.113. The Balaban J connectivity index is 1.90. The minimum atomic E-state index is -3.45. The van der Waals surface area contributed by atoms with Crippen LogP contribution in [0.25, 0.3) is 0 Å². The summed E-state index contributed by atoms with van der Waals surface area (Å²) < 4.78 is 25.5. The minimum absolute atomic E-state index is 0.0784. The molecule has 0 aliphatic heterocycles. The first-order chi connectivity index (χ1) is 12.3. The Morgan fingerprint density at radius 3 is 2.54 bits per heavy atom. The smallest absolute Gasteiger partial charge is 0.242 e. The van der Waals surface area contributed by atoms with Crippen molar-refractivity contribution in [1.29, 1.82) is 0 Å². The first kappa shape index (κ1) is 20.8. The monoisotopic (exact) mass is 410 g/mol. The van der Waals surface area contributed by atoms with Gasteiger partial charge in [0.1, 0.15) is 0 Å². The molecule has 0 saturated heterocycles. The van der Waals surface area contributed by atoms with Crippen molar-refractivity contribution in [2.24, 2.45) is 0 Å². The van der Waals surface area contributed by atoms with Crippen molar-refractivity contribution in [3.05, 3.63) is 54.1 Å². The van der Waals surface area contributed by atoms with Crippen molar-refractivity contribution in [2.45, 2.75) is 15.5 Å². The van der Waals surface area contributed by atoms with E-state index < -0.39 is 10.0 Å². The lowest BCUT2D eigenvalue weighted by atomic mass is 10.2. The molecule has 26 heavy (non-hydrogen) atoms. The molecule has 140 valence electrons. The number of nitrogens with one attached hydrogen (secondary N) is 1. The van der Waals surface area contributed by atoms with E-state index in [1.807, 2.05) is 36.6 Å². The fourth-order valence-corrected chi connectivity index (χ4v) is 4.37. The Bertz CT molecular complexity index is 867. The van der Waals surface area contributed by atoms with E-state index in [0.29, 0.717) is 11.5 Å². The second kappa shape index (κ2) is 9.45. The molecule has 0 bridgehead atoms. The summed E-state index contributed by atoms with van der Waals surface area (Å²) in [6.45, 7) is 0. The summed E-state index contributed by atoms with van der Waals surface area (Å²) in [4.78, 5) is 13.4. The fraction of sp³-hybridized carbons (Fsp3) is 0.278. The van der Waals surface area contributed by atoms with Crippen molar-refractivity contribution in [3.63, 3.8) is 0 Å². The average Bonchev–Trinajstić information content (AvgIpc) is 2.62. The van der Waals surface area contributed by atoms with E-state index in [0.717, 1.165) is 16.1 Å². The number of thioether (sulfide) groups is 2. The summed E-state index contributed by atoms with van der Waals surface area (Å²) in [6.07, 6.45) is 1.99. The maximum atomic E-state index is 12.2. The third-order valence-corrected chi connectivity index (χ3v) is 7.07. The molecule has 0 aliphatic rings. The molecule has 0 saturated carbocycles. The largest absolute Gasteiger partial charge is 0.325 e. The zero-order valence-corrected chi connectivity index (χ0v) is 17.4. The zero-order chi connectivity index (χ0) is 19.2. The van der Waals surface area contributed by atoms with E-state index in [1.165, 1.54) is 30.2 Å². The van der Waals surface area contributed by atoms with Crippen molar-refractivity contribution in [2.75, 3.05) is 31.4 Å². The van der Waals surface area contributed by atoms with Crippen LogP contribution in [-0.2, 0) is 20.6 Å². The first-order valence-electron chi connectivity index (χ1n) is 7.86. The molecule has 2 aromatic carbocycles. The van der Waals surface area contributed by atoms with E-state index in [1.54, 1.807) is 30.0 Å². The Labute approximate surface area is 163 Å². The van der Waals surface area contributed by atoms with Crippen LogP contribution in [0.4, 0.5) is 5.69 Å². The predicted octanol–water partition coefficient (Wildman–Crippen LogP) is 3.53. The van der Waals surface area contributed by atoms with Gasteiger partial charge in [-0.2, -0.15) is 0 Å². The van der Waals surface area contributed by atoms with Crippen molar-refractivity contribution in [3.8, 4) is 0 Å². The predicted molar refractivity (Wildman–Crippen MR) is 110 cm³/mol. The van der Waals surface area contributed by atoms with Gasteiger partial charge >= 0.3 is 0 Å². The van der Waals surface area contributed by atoms with Crippen molar-refractivity contribution < 1.29 is 13.2 Å². The number of benzene rings is 2. The number of carbonyl (C=O) groups is 1. The summed E-state index contributed by atoms with van der Waals surface area (Å²) in [5, 5.41) is 2.88. The molecule has 0 unspecified atom stereocenters. The van der Waals surface area contributed by atoms with Gasteiger partial charge in [-0.05, 0) is 42.2 Å². The summed E-state index contributed by atoms with van der Waals surface area (Å²) in [7, 11) is -0.431. The quantitative estimate of drug-likeness (QED) is 0.675. The highest BCUT2D eigenvalue weighted by molar-refractivity contribution is 7.99. The third-order valence-electron chi connectivity index (χ3n) is 3.53. The average molecular weight is 411 g/mol. The zero-order valence-electron chi connectivity index (χ0n) is 14.9. The van der Waals surface area contributed by atoms with Gasteiger partial charge in [-0.25, -0.2) is 12.7 Å². The van der Waals surface area contributed by atoms with Crippen LogP contribution in [0.1, 0.15) is 5.56 Å². The number of carbonyl (C=O) groups excluding carboxylic acids is 1. The molecule has 0 spiro atoms. The van der Waals surface area contributed by atoms with Gasteiger partial charge < -0.3 is 5.32 Å². The Kier molecular flexibility index (Phi) is 7.57. The number of sulfonamides is 1. The van der Waals surface area contributed by atoms with E-state index in [2.05, 4.69) is 5.32 Å². The topological polar surface area (TPSA) is 66.5 Å². The normalized spacial score (nSPS) is 11.5. The Hall–Kier alpha value is -1.48. The number of anilines is 1. The van der Waals surface area contributed by atoms with E-state index in [9.17, 15) is 13.2 Å². The number of hydrogen-bond acceptors (Lipinski definition) is 5. The van der Waals surface area contributed by atoms with E-state index in [-0.39, 0.29) is 10.8 Å². The summed E-state index contributed by atoms with van der Waals surface area (Å²) in [5.74, 6) is 0.786. The SMILES string of the molecule is CSc1cccc(NC(=O)CSCc2cccc(S(=O)(=O)N(C)C)c2)c1. The van der Waals surface area contributed by atoms with E-state index in [4.69, 9.17) is 0 Å². The Morgan fingerprint density at radius 1 is 1.12 bits per heavy atom. The van der Waals surface area contributed by atoms with Gasteiger partial charge in [0, 0.05) is 30.4 Å². The molecule has 0 heterocycles. The van der Waals surface area contributed by atoms with Gasteiger partial charge in [0.05, 0.1) is 10.6 Å². The van der Waals surface area contributed by atoms with Gasteiger partial charge in [-0.15, -0.1) is 23.5 Å². The molecule has 0 radical (unpaired) electrons. The second-order valence-electron chi connectivity index (χ2n) is 5.71. The highest BCUT2D eigenvalue weighted by Crippen LogP contribution is 2.21. The van der Waals surface area contributed by atoms with Gasteiger partial charge in [0.25, 0.3) is 0 Å². The molecule has 1 N–H and O–H groups in total. The van der Waals surface area contributed by atoms with Gasteiger partial charge in [0.2, 0.25) is 15.9 Å². The summed E-state index contributed by atoms with van der Waals surface area (Å²) in [5.41, 5.74) is 1.65. The second-order valence-corrected chi connectivity index (χ2v) is 9.72. The van der Waals surface area contributed by atoms with Gasteiger partial charge in [0.15, 0.2) is 0 Å². The van der Waals surface area contributed by atoms with Gasteiger partial charge in [-0.1, -0.05) is 18.2 Å². The van der Waals surface area contributed by atoms with Crippen molar-refractivity contribution >= 4 is 45.1 Å². The summed E-state index contributed by atoms with van der Waals surface area (Å²) in [6, 6.07) is 14.5. The molecule has 0 aromatic heterocycles. The lowest BCUT2D eigenvalue weighted by Crippen LogP contribution is -2.22. The molecule has 0 aliphatic carbocycles. The standard InChI is InChI=1S/C18H22N2O3S3/c1-20(2)26(22,23)17-9-4-6-14(10-17)12-25-13-18(21)19-15-7-5-8-16(11-15)24-3/h4-11H,12-13H2,1-3H3,(H,19,21). The van der Waals surface area contributed by atoms with Crippen LogP contribution < -0.4 is 5.32 Å². The van der Waals surface area contributed by atoms with Gasteiger partial charge in [-0.3, -0.25) is 4.79 Å². The lowest BCUT2D eigenvalue weighted by Gasteiger charge is -2.12. The van der Waals surface area contributed by atoms with Crippen LogP contribution in [0.5, 0.6) is 0 Å². The molecule has 1 amide bonds. The highest BCUT2D eigenvalue weighted by atomic mass is 32.2. The Morgan fingerprint density at radius 2 is 1.85 bits per heavy atom. The van der Waals surface area contributed by atoms with Crippen LogP contribution in [-0.4, -0.2) is 44.7 Å². The molecule has 0 atom stereocenters. The number of rotatable bonds is 8. The summed E-state index contributed by atoms with van der Waals surface area (Å²) >= 11 is 3.07. The molecule has 0 fully saturated rings. The number of hydrogen-bond donors (Lipinski definition) is 1. The van der Waals surface area contributed by atoms with Crippen molar-refractivity contribution in [1.82, 2.24) is 4.31 Å². The molecular formula is C18H22N2O3S3. The maximum Gasteiger partial charge on any atom is 0.242 e. The van der Waals surface area contributed by atoms with Crippen LogP contribution in [0.3, 0.4) is 0 Å². The molecule has 2 aromatic rings. The number of amides is 1. The molecule has 8 heteroatoms. The fourth-order valence-electron chi connectivity index (χ4n) is 2.17.